The quantitative estimate of drug-likeness (QED) is 0.839. The summed E-state index contributed by atoms with van der Waals surface area (Å²) in [4.78, 5) is 17.3. The third-order valence-corrected chi connectivity index (χ3v) is 6.69. The van der Waals surface area contributed by atoms with E-state index in [4.69, 9.17) is 4.74 Å². The number of carbonyl (C=O) groups is 1. The Bertz CT molecular complexity index is 423. The zero-order valence-electron chi connectivity index (χ0n) is 15.6. The standard InChI is InChI=1S/C19H35N3O2/c1-21-11-6-16-7-12-22(17(16)14-21)18(23)20-15-19(10-13-24-2)8-4-3-5-9-19/h16-17H,3-15H2,1-2H3,(H,20,23)/t16-,17-/m0/s1. The molecule has 5 nitrogen and oxygen atoms in total. The summed E-state index contributed by atoms with van der Waals surface area (Å²) in [5, 5.41) is 3.30. The number of piperidine rings is 1. The minimum Gasteiger partial charge on any atom is -0.385 e. The Labute approximate surface area is 147 Å². The van der Waals surface area contributed by atoms with Gasteiger partial charge in [0.25, 0.3) is 0 Å². The first-order valence-corrected chi connectivity index (χ1v) is 9.85. The number of nitrogens with zero attached hydrogens (tertiary/aromatic N) is 2. The van der Waals surface area contributed by atoms with Crippen molar-refractivity contribution in [3.05, 3.63) is 0 Å². The Kier molecular flexibility index (Phi) is 6.03. The molecule has 0 bridgehead atoms. The summed E-state index contributed by atoms with van der Waals surface area (Å²) >= 11 is 0. The average molecular weight is 338 g/mol. The van der Waals surface area contributed by atoms with Crippen LogP contribution in [0.4, 0.5) is 4.79 Å². The molecule has 2 aliphatic heterocycles. The normalized spacial score (nSPS) is 30.2. The Balaban J connectivity index is 1.55. The molecule has 1 N–H and O–H groups in total. The van der Waals surface area contributed by atoms with Crippen molar-refractivity contribution in [2.75, 3.05) is 46.9 Å². The number of rotatable bonds is 5. The van der Waals surface area contributed by atoms with Gasteiger partial charge in [0.05, 0.1) is 0 Å². The van der Waals surface area contributed by atoms with E-state index in [1.807, 2.05) is 0 Å². The molecule has 0 radical (unpaired) electrons. The van der Waals surface area contributed by atoms with Gasteiger partial charge in [-0.3, -0.25) is 0 Å². The number of fused-ring (bicyclic) bond motifs is 1. The Morgan fingerprint density at radius 1 is 1.21 bits per heavy atom. The summed E-state index contributed by atoms with van der Waals surface area (Å²) in [6.07, 6.45) is 9.86. The SMILES string of the molecule is COCCC1(CNC(=O)N2CC[C@@H]3CCN(C)C[C@@H]32)CCCCC1. The molecular weight excluding hydrogens is 302 g/mol. The van der Waals surface area contributed by atoms with Crippen LogP contribution in [0.1, 0.15) is 51.4 Å². The first kappa shape index (κ1) is 18.0. The highest BCUT2D eigenvalue weighted by Gasteiger charge is 2.40. The fourth-order valence-electron chi connectivity index (χ4n) is 5.05. The van der Waals surface area contributed by atoms with Crippen molar-refractivity contribution in [1.82, 2.24) is 15.1 Å². The molecule has 24 heavy (non-hydrogen) atoms. The molecule has 0 aromatic carbocycles. The minimum atomic E-state index is 0.167. The topological polar surface area (TPSA) is 44.8 Å². The zero-order valence-corrected chi connectivity index (χ0v) is 15.6. The number of nitrogens with one attached hydrogen (secondary N) is 1. The van der Waals surface area contributed by atoms with Gasteiger partial charge in [-0.2, -0.15) is 0 Å². The smallest absolute Gasteiger partial charge is 0.317 e. The van der Waals surface area contributed by atoms with Crippen LogP contribution in [0.2, 0.25) is 0 Å². The second-order valence-corrected chi connectivity index (χ2v) is 8.32. The van der Waals surface area contributed by atoms with E-state index in [1.165, 1.54) is 51.5 Å². The van der Waals surface area contributed by atoms with E-state index < -0.39 is 0 Å². The number of ether oxygens (including phenoxy) is 1. The highest BCUT2D eigenvalue weighted by molar-refractivity contribution is 5.75. The molecule has 2 saturated heterocycles. The molecule has 0 aromatic rings. The van der Waals surface area contributed by atoms with E-state index in [2.05, 4.69) is 22.2 Å². The van der Waals surface area contributed by atoms with Crippen molar-refractivity contribution in [2.24, 2.45) is 11.3 Å². The van der Waals surface area contributed by atoms with Crippen LogP contribution in [0.15, 0.2) is 0 Å². The zero-order chi connectivity index (χ0) is 17.0. The fraction of sp³-hybridized carbons (Fsp3) is 0.947. The molecule has 1 saturated carbocycles. The first-order chi connectivity index (χ1) is 11.6. The summed E-state index contributed by atoms with van der Waals surface area (Å²) in [6.45, 7) is 4.76. The fourth-order valence-corrected chi connectivity index (χ4v) is 5.05. The maximum atomic E-state index is 12.8. The van der Waals surface area contributed by atoms with Crippen molar-refractivity contribution >= 4 is 6.03 Å². The number of likely N-dealkylation sites (N-methyl/N-ethyl adjacent to an activating group) is 1. The molecule has 2 heterocycles. The molecule has 3 rings (SSSR count). The Hall–Kier alpha value is -0.810. The molecular formula is C19H35N3O2. The predicted octanol–water partition coefficient (Wildman–Crippen LogP) is 2.71. The van der Waals surface area contributed by atoms with Crippen molar-refractivity contribution in [1.29, 1.82) is 0 Å². The lowest BCUT2D eigenvalue weighted by Gasteiger charge is -2.39. The van der Waals surface area contributed by atoms with Crippen LogP contribution in [0.5, 0.6) is 0 Å². The highest BCUT2D eigenvalue weighted by Crippen LogP contribution is 2.39. The van der Waals surface area contributed by atoms with Crippen molar-refractivity contribution in [3.8, 4) is 0 Å². The predicted molar refractivity (Wildman–Crippen MR) is 96.1 cm³/mol. The number of likely N-dealkylation sites (tertiary alicyclic amines) is 2. The number of hydrogen-bond donors (Lipinski definition) is 1. The number of amides is 2. The minimum absolute atomic E-state index is 0.167. The molecule has 5 heteroatoms. The molecule has 0 unspecified atom stereocenters. The maximum Gasteiger partial charge on any atom is 0.317 e. The van der Waals surface area contributed by atoms with Gasteiger partial charge < -0.3 is 19.9 Å². The van der Waals surface area contributed by atoms with Gasteiger partial charge in [-0.25, -0.2) is 4.79 Å². The Morgan fingerprint density at radius 3 is 2.71 bits per heavy atom. The van der Waals surface area contributed by atoms with Gasteiger partial charge in [0.1, 0.15) is 0 Å². The largest absolute Gasteiger partial charge is 0.385 e. The van der Waals surface area contributed by atoms with E-state index in [-0.39, 0.29) is 11.4 Å². The van der Waals surface area contributed by atoms with Gasteiger partial charge in [-0.1, -0.05) is 19.3 Å². The van der Waals surface area contributed by atoms with Gasteiger partial charge in [0.15, 0.2) is 0 Å². The van der Waals surface area contributed by atoms with Gasteiger partial charge in [0, 0.05) is 39.4 Å². The van der Waals surface area contributed by atoms with Gasteiger partial charge in [-0.15, -0.1) is 0 Å². The molecule has 2 atom stereocenters. The summed E-state index contributed by atoms with van der Waals surface area (Å²) < 4.78 is 5.33. The van der Waals surface area contributed by atoms with Gasteiger partial charge >= 0.3 is 6.03 Å². The molecule has 3 fully saturated rings. The lowest BCUT2D eigenvalue weighted by Crippen LogP contribution is -2.52. The summed E-state index contributed by atoms with van der Waals surface area (Å²) in [7, 11) is 3.95. The van der Waals surface area contributed by atoms with Crippen molar-refractivity contribution in [3.63, 3.8) is 0 Å². The van der Waals surface area contributed by atoms with Crippen molar-refractivity contribution in [2.45, 2.75) is 57.4 Å². The summed E-state index contributed by atoms with van der Waals surface area (Å²) in [6, 6.07) is 0.588. The lowest BCUT2D eigenvalue weighted by molar-refractivity contribution is 0.0961. The Morgan fingerprint density at radius 2 is 1.96 bits per heavy atom. The third kappa shape index (κ3) is 4.05. The maximum absolute atomic E-state index is 12.8. The number of urea groups is 1. The highest BCUT2D eigenvalue weighted by atomic mass is 16.5. The van der Waals surface area contributed by atoms with Crippen LogP contribution in [-0.2, 0) is 4.74 Å². The van der Waals surface area contributed by atoms with Crippen LogP contribution in [0.25, 0.3) is 0 Å². The van der Waals surface area contributed by atoms with E-state index in [9.17, 15) is 4.79 Å². The van der Waals surface area contributed by atoms with Crippen LogP contribution >= 0.6 is 0 Å². The molecule has 2 amide bonds. The number of methoxy groups -OCH3 is 1. The molecule has 138 valence electrons. The second kappa shape index (κ2) is 8.05. The monoisotopic (exact) mass is 337 g/mol. The molecule has 0 spiro atoms. The van der Waals surface area contributed by atoms with Gasteiger partial charge in [-0.05, 0) is 57.0 Å². The lowest BCUT2D eigenvalue weighted by atomic mass is 9.72. The average Bonchev–Trinajstić information content (AvgIpc) is 3.02. The van der Waals surface area contributed by atoms with E-state index in [0.29, 0.717) is 12.0 Å². The van der Waals surface area contributed by atoms with Crippen LogP contribution in [0, 0.1) is 11.3 Å². The van der Waals surface area contributed by atoms with E-state index >= 15 is 0 Å². The number of hydrogen-bond acceptors (Lipinski definition) is 3. The van der Waals surface area contributed by atoms with Crippen LogP contribution in [-0.4, -0.2) is 68.8 Å². The van der Waals surface area contributed by atoms with Crippen LogP contribution < -0.4 is 5.32 Å². The third-order valence-electron chi connectivity index (χ3n) is 6.69. The number of carbonyl (C=O) groups excluding carboxylic acids is 1. The second-order valence-electron chi connectivity index (χ2n) is 8.32. The van der Waals surface area contributed by atoms with E-state index in [0.717, 1.165) is 32.7 Å². The van der Waals surface area contributed by atoms with Crippen LogP contribution in [0.3, 0.4) is 0 Å². The summed E-state index contributed by atoms with van der Waals surface area (Å²) in [5.74, 6) is 0.712. The summed E-state index contributed by atoms with van der Waals surface area (Å²) in [5.41, 5.74) is 0.256. The van der Waals surface area contributed by atoms with Crippen molar-refractivity contribution < 1.29 is 9.53 Å². The van der Waals surface area contributed by atoms with E-state index in [1.54, 1.807) is 7.11 Å². The first-order valence-electron chi connectivity index (χ1n) is 9.85. The molecule has 1 aliphatic carbocycles. The molecule has 3 aliphatic rings. The molecule has 0 aromatic heterocycles. The van der Waals surface area contributed by atoms with Gasteiger partial charge in [0.2, 0.25) is 0 Å².